The van der Waals surface area contributed by atoms with Crippen LogP contribution in [0.1, 0.15) is 10.4 Å². The summed E-state index contributed by atoms with van der Waals surface area (Å²) in [5.74, 6) is 1.03. The maximum atomic E-state index is 12.7. The Kier molecular flexibility index (Phi) is 5.95. The van der Waals surface area contributed by atoms with Gasteiger partial charge in [-0.25, -0.2) is 0 Å². The Hall–Kier alpha value is -2.32. The number of carbonyl (C=O) groups excluding carboxylic acids is 2. The predicted molar refractivity (Wildman–Crippen MR) is 94.6 cm³/mol. The van der Waals surface area contributed by atoms with Crippen LogP contribution in [0.2, 0.25) is 0 Å². The lowest BCUT2D eigenvalue weighted by atomic mass is 10.1. The second-order valence-corrected chi connectivity index (χ2v) is 6.25. The SMILES string of the molecule is COc1ccc(C(=O)N2CCN(C(=O)C3CNCCO3)CC2)cc1OC. The highest BCUT2D eigenvalue weighted by atomic mass is 16.5. The van der Waals surface area contributed by atoms with Gasteiger partial charge in [-0.1, -0.05) is 0 Å². The number of nitrogens with zero attached hydrogens (tertiary/aromatic N) is 2. The molecule has 2 aliphatic heterocycles. The third-order valence-electron chi connectivity index (χ3n) is 4.71. The van der Waals surface area contributed by atoms with Crippen LogP contribution in [-0.2, 0) is 9.53 Å². The summed E-state index contributed by atoms with van der Waals surface area (Å²) in [6, 6.07) is 5.13. The van der Waals surface area contributed by atoms with Crippen molar-refractivity contribution in [1.29, 1.82) is 0 Å². The molecule has 2 heterocycles. The monoisotopic (exact) mass is 363 g/mol. The van der Waals surface area contributed by atoms with E-state index in [0.717, 1.165) is 6.54 Å². The largest absolute Gasteiger partial charge is 0.493 e. The molecule has 2 saturated heterocycles. The van der Waals surface area contributed by atoms with Crippen molar-refractivity contribution in [3.63, 3.8) is 0 Å². The number of piperazine rings is 1. The van der Waals surface area contributed by atoms with Gasteiger partial charge in [-0.05, 0) is 18.2 Å². The Bertz CT molecular complexity index is 652. The average Bonchev–Trinajstić information content (AvgIpc) is 2.73. The van der Waals surface area contributed by atoms with Crippen LogP contribution in [0.5, 0.6) is 11.5 Å². The fourth-order valence-electron chi connectivity index (χ4n) is 3.21. The van der Waals surface area contributed by atoms with Gasteiger partial charge >= 0.3 is 0 Å². The molecule has 1 aromatic carbocycles. The number of benzene rings is 1. The smallest absolute Gasteiger partial charge is 0.254 e. The molecule has 2 amide bonds. The molecule has 8 heteroatoms. The van der Waals surface area contributed by atoms with Crippen LogP contribution in [0.25, 0.3) is 0 Å². The summed E-state index contributed by atoms with van der Waals surface area (Å²) in [6.07, 6.45) is -0.420. The first kappa shape index (κ1) is 18.5. The molecule has 0 aromatic heterocycles. The van der Waals surface area contributed by atoms with Gasteiger partial charge in [0.25, 0.3) is 11.8 Å². The zero-order valence-corrected chi connectivity index (χ0v) is 15.2. The first-order chi connectivity index (χ1) is 12.6. The van der Waals surface area contributed by atoms with Crippen molar-refractivity contribution in [1.82, 2.24) is 15.1 Å². The van der Waals surface area contributed by atoms with Crippen molar-refractivity contribution < 1.29 is 23.8 Å². The van der Waals surface area contributed by atoms with E-state index >= 15 is 0 Å². The molecular weight excluding hydrogens is 338 g/mol. The molecule has 1 atom stereocenters. The first-order valence-corrected chi connectivity index (χ1v) is 8.76. The van der Waals surface area contributed by atoms with Crippen molar-refractivity contribution in [2.75, 3.05) is 60.1 Å². The standard InChI is InChI=1S/C18H25N3O5/c1-24-14-4-3-13(11-15(14)25-2)17(22)20-6-8-21(9-7-20)18(23)16-12-19-5-10-26-16/h3-4,11,16,19H,5-10,12H2,1-2H3. The van der Waals surface area contributed by atoms with Crippen molar-refractivity contribution in [2.45, 2.75) is 6.10 Å². The third-order valence-corrected chi connectivity index (χ3v) is 4.71. The maximum absolute atomic E-state index is 12.7. The number of hydrogen-bond donors (Lipinski definition) is 1. The van der Waals surface area contributed by atoms with E-state index in [4.69, 9.17) is 14.2 Å². The summed E-state index contributed by atoms with van der Waals surface area (Å²) in [4.78, 5) is 28.7. The van der Waals surface area contributed by atoms with Crippen molar-refractivity contribution >= 4 is 11.8 Å². The zero-order valence-electron chi connectivity index (χ0n) is 15.2. The molecule has 0 radical (unpaired) electrons. The highest BCUT2D eigenvalue weighted by Crippen LogP contribution is 2.28. The Balaban J connectivity index is 1.59. The molecule has 8 nitrogen and oxygen atoms in total. The lowest BCUT2D eigenvalue weighted by molar-refractivity contribution is -0.146. The van der Waals surface area contributed by atoms with E-state index in [0.29, 0.717) is 56.4 Å². The van der Waals surface area contributed by atoms with Gasteiger partial charge in [-0.3, -0.25) is 9.59 Å². The summed E-state index contributed by atoms with van der Waals surface area (Å²) in [6.45, 7) is 3.89. The average molecular weight is 363 g/mol. The highest BCUT2D eigenvalue weighted by molar-refractivity contribution is 5.95. The Labute approximate surface area is 153 Å². The lowest BCUT2D eigenvalue weighted by Crippen LogP contribution is -2.56. The molecule has 0 bridgehead atoms. The minimum atomic E-state index is -0.420. The molecule has 2 aliphatic rings. The second-order valence-electron chi connectivity index (χ2n) is 6.25. The quantitative estimate of drug-likeness (QED) is 0.810. The van der Waals surface area contributed by atoms with Crippen LogP contribution in [0, 0.1) is 0 Å². The molecule has 0 aliphatic carbocycles. The van der Waals surface area contributed by atoms with E-state index in [2.05, 4.69) is 5.32 Å². The number of hydrogen-bond acceptors (Lipinski definition) is 6. The molecule has 1 aromatic rings. The number of rotatable bonds is 4. The normalized spacial score (nSPS) is 20.6. The Morgan fingerprint density at radius 3 is 2.38 bits per heavy atom. The Morgan fingerprint density at radius 1 is 1.08 bits per heavy atom. The van der Waals surface area contributed by atoms with Gasteiger partial charge in [0.15, 0.2) is 11.5 Å². The minimum absolute atomic E-state index is 0.00424. The molecule has 142 valence electrons. The van der Waals surface area contributed by atoms with Crippen LogP contribution in [-0.4, -0.2) is 87.8 Å². The highest BCUT2D eigenvalue weighted by Gasteiger charge is 2.30. The van der Waals surface area contributed by atoms with E-state index in [9.17, 15) is 9.59 Å². The van der Waals surface area contributed by atoms with Gasteiger partial charge in [0.1, 0.15) is 6.10 Å². The van der Waals surface area contributed by atoms with Gasteiger partial charge in [0, 0.05) is 44.8 Å². The van der Waals surface area contributed by atoms with E-state index in [-0.39, 0.29) is 11.8 Å². The zero-order chi connectivity index (χ0) is 18.5. The molecule has 3 rings (SSSR count). The first-order valence-electron chi connectivity index (χ1n) is 8.76. The van der Waals surface area contributed by atoms with Crippen LogP contribution >= 0.6 is 0 Å². The van der Waals surface area contributed by atoms with E-state index in [1.54, 1.807) is 42.2 Å². The van der Waals surface area contributed by atoms with Crippen molar-refractivity contribution in [3.8, 4) is 11.5 Å². The number of morpholine rings is 1. The molecule has 0 spiro atoms. The fourth-order valence-corrected chi connectivity index (χ4v) is 3.21. The Morgan fingerprint density at radius 2 is 1.77 bits per heavy atom. The lowest BCUT2D eigenvalue weighted by Gasteiger charge is -2.37. The summed E-state index contributed by atoms with van der Waals surface area (Å²) in [5.41, 5.74) is 0.544. The third kappa shape index (κ3) is 3.91. The number of ether oxygens (including phenoxy) is 3. The molecule has 0 saturated carbocycles. The van der Waals surface area contributed by atoms with Gasteiger partial charge in [0.2, 0.25) is 0 Å². The summed E-state index contributed by atoms with van der Waals surface area (Å²) < 4.78 is 16.0. The number of nitrogens with one attached hydrogen (secondary N) is 1. The number of carbonyl (C=O) groups is 2. The van der Waals surface area contributed by atoms with Crippen molar-refractivity contribution in [3.05, 3.63) is 23.8 Å². The maximum Gasteiger partial charge on any atom is 0.254 e. The topological polar surface area (TPSA) is 80.3 Å². The van der Waals surface area contributed by atoms with Gasteiger partial charge in [0.05, 0.1) is 20.8 Å². The van der Waals surface area contributed by atoms with E-state index in [1.165, 1.54) is 0 Å². The van der Waals surface area contributed by atoms with Gasteiger partial charge < -0.3 is 29.3 Å². The molecule has 26 heavy (non-hydrogen) atoms. The van der Waals surface area contributed by atoms with Crippen LogP contribution < -0.4 is 14.8 Å². The predicted octanol–water partition coefficient (Wildman–Crippen LogP) is -0.0234. The molecule has 1 N–H and O–H groups in total. The summed E-state index contributed by atoms with van der Waals surface area (Å²) >= 11 is 0. The van der Waals surface area contributed by atoms with Gasteiger partial charge in [-0.15, -0.1) is 0 Å². The van der Waals surface area contributed by atoms with Gasteiger partial charge in [-0.2, -0.15) is 0 Å². The fraction of sp³-hybridized carbons (Fsp3) is 0.556. The number of amides is 2. The van der Waals surface area contributed by atoms with Crippen LogP contribution in [0.3, 0.4) is 0 Å². The molecule has 1 unspecified atom stereocenters. The van der Waals surface area contributed by atoms with E-state index < -0.39 is 6.10 Å². The van der Waals surface area contributed by atoms with Crippen LogP contribution in [0.4, 0.5) is 0 Å². The summed E-state index contributed by atoms with van der Waals surface area (Å²) in [5, 5.41) is 3.16. The van der Waals surface area contributed by atoms with E-state index in [1.807, 2.05) is 0 Å². The van der Waals surface area contributed by atoms with Crippen LogP contribution in [0.15, 0.2) is 18.2 Å². The molecule has 2 fully saturated rings. The summed E-state index contributed by atoms with van der Waals surface area (Å²) in [7, 11) is 3.10. The van der Waals surface area contributed by atoms with Crippen molar-refractivity contribution in [2.24, 2.45) is 0 Å². The minimum Gasteiger partial charge on any atom is -0.493 e. The molecular formula is C18H25N3O5. The second kappa shape index (κ2) is 8.37. The number of methoxy groups -OCH3 is 2.